The maximum Gasteiger partial charge on any atom is 0.0148 e. The minimum Gasteiger partial charge on any atom is -0.126 e. The van der Waals surface area contributed by atoms with Gasteiger partial charge in [-0.15, -0.1) is 11.8 Å². The summed E-state index contributed by atoms with van der Waals surface area (Å²) in [5, 5.41) is 0. The van der Waals surface area contributed by atoms with Gasteiger partial charge in [0.05, 0.1) is 0 Å². The van der Waals surface area contributed by atoms with Crippen molar-refractivity contribution in [2.45, 2.75) is 48.2 Å². The molecule has 0 bridgehead atoms. The SMILES string of the molecule is BrC1CCCCC(CCSc2ccccc2)C1. The van der Waals surface area contributed by atoms with Gasteiger partial charge < -0.3 is 0 Å². The molecule has 0 N–H and O–H groups in total. The fourth-order valence-electron chi connectivity index (χ4n) is 2.52. The van der Waals surface area contributed by atoms with Crippen LogP contribution in [-0.4, -0.2) is 10.6 Å². The standard InChI is InChI=1S/C15H21BrS/c16-14-7-5-4-6-13(12-14)10-11-17-15-8-2-1-3-9-15/h1-3,8-9,13-14H,4-7,10-12H2. The molecule has 0 heterocycles. The summed E-state index contributed by atoms with van der Waals surface area (Å²) in [4.78, 5) is 2.19. The normalized spacial score (nSPS) is 25.5. The lowest BCUT2D eigenvalue weighted by atomic mass is 9.98. The van der Waals surface area contributed by atoms with E-state index in [9.17, 15) is 0 Å². The minimum atomic E-state index is 0.775. The Morgan fingerprint density at radius 1 is 1.12 bits per heavy atom. The van der Waals surface area contributed by atoms with Gasteiger partial charge in [-0.3, -0.25) is 0 Å². The van der Waals surface area contributed by atoms with Gasteiger partial charge in [-0.2, -0.15) is 0 Å². The van der Waals surface area contributed by atoms with Crippen LogP contribution >= 0.6 is 27.7 Å². The monoisotopic (exact) mass is 312 g/mol. The second-order valence-electron chi connectivity index (χ2n) is 4.93. The largest absolute Gasteiger partial charge is 0.126 e. The van der Waals surface area contributed by atoms with Crippen molar-refractivity contribution < 1.29 is 0 Å². The quantitative estimate of drug-likeness (QED) is 0.401. The molecular weight excluding hydrogens is 292 g/mol. The maximum absolute atomic E-state index is 3.81. The summed E-state index contributed by atoms with van der Waals surface area (Å²) in [7, 11) is 0. The summed E-state index contributed by atoms with van der Waals surface area (Å²) < 4.78 is 0. The molecule has 1 aliphatic carbocycles. The van der Waals surface area contributed by atoms with Crippen LogP contribution in [0.15, 0.2) is 35.2 Å². The van der Waals surface area contributed by atoms with Crippen molar-refractivity contribution in [3.8, 4) is 0 Å². The maximum atomic E-state index is 3.81. The molecule has 0 spiro atoms. The molecule has 2 atom stereocenters. The third-order valence-corrected chi connectivity index (χ3v) is 5.38. The Morgan fingerprint density at radius 2 is 1.88 bits per heavy atom. The molecule has 2 heteroatoms. The highest BCUT2D eigenvalue weighted by Crippen LogP contribution is 2.31. The second-order valence-corrected chi connectivity index (χ2v) is 7.40. The number of rotatable bonds is 4. The lowest BCUT2D eigenvalue weighted by Crippen LogP contribution is -2.06. The van der Waals surface area contributed by atoms with Crippen LogP contribution in [0.2, 0.25) is 0 Å². The van der Waals surface area contributed by atoms with Crippen LogP contribution in [0.1, 0.15) is 38.5 Å². The Labute approximate surface area is 118 Å². The number of alkyl halides is 1. The zero-order valence-electron chi connectivity index (χ0n) is 10.3. The van der Waals surface area contributed by atoms with Crippen LogP contribution in [0.25, 0.3) is 0 Å². The topological polar surface area (TPSA) is 0 Å². The first-order valence-electron chi connectivity index (χ1n) is 6.66. The molecule has 2 unspecified atom stereocenters. The van der Waals surface area contributed by atoms with Crippen molar-refractivity contribution >= 4 is 27.7 Å². The van der Waals surface area contributed by atoms with Gasteiger partial charge in [-0.05, 0) is 43.1 Å². The highest BCUT2D eigenvalue weighted by atomic mass is 79.9. The molecule has 0 aromatic heterocycles. The van der Waals surface area contributed by atoms with Gasteiger partial charge in [0, 0.05) is 9.72 Å². The van der Waals surface area contributed by atoms with Crippen molar-refractivity contribution in [2.75, 3.05) is 5.75 Å². The van der Waals surface area contributed by atoms with E-state index in [2.05, 4.69) is 46.3 Å². The number of benzene rings is 1. The number of hydrogen-bond donors (Lipinski definition) is 0. The van der Waals surface area contributed by atoms with Crippen molar-refractivity contribution in [1.82, 2.24) is 0 Å². The van der Waals surface area contributed by atoms with E-state index in [1.165, 1.54) is 49.2 Å². The van der Waals surface area contributed by atoms with E-state index in [-0.39, 0.29) is 0 Å². The summed E-state index contributed by atoms with van der Waals surface area (Å²) in [5.74, 6) is 2.21. The first-order valence-corrected chi connectivity index (χ1v) is 8.56. The molecule has 0 nitrogen and oxygen atoms in total. The highest BCUT2D eigenvalue weighted by Gasteiger charge is 2.17. The van der Waals surface area contributed by atoms with Crippen molar-refractivity contribution in [3.63, 3.8) is 0 Å². The van der Waals surface area contributed by atoms with Gasteiger partial charge in [0.25, 0.3) is 0 Å². The summed E-state index contributed by atoms with van der Waals surface area (Å²) in [5.41, 5.74) is 0. The van der Waals surface area contributed by atoms with E-state index < -0.39 is 0 Å². The highest BCUT2D eigenvalue weighted by molar-refractivity contribution is 9.09. The third-order valence-electron chi connectivity index (χ3n) is 3.51. The number of thioether (sulfide) groups is 1. The molecule has 1 aliphatic rings. The Morgan fingerprint density at radius 3 is 2.71 bits per heavy atom. The first kappa shape index (κ1) is 13.5. The van der Waals surface area contributed by atoms with Crippen LogP contribution in [0, 0.1) is 5.92 Å². The molecule has 0 aliphatic heterocycles. The lowest BCUT2D eigenvalue weighted by molar-refractivity contribution is 0.455. The molecule has 94 valence electrons. The van der Waals surface area contributed by atoms with Crippen LogP contribution in [-0.2, 0) is 0 Å². The fraction of sp³-hybridized carbons (Fsp3) is 0.600. The Kier molecular flexibility index (Phi) is 5.93. The average molecular weight is 313 g/mol. The smallest absolute Gasteiger partial charge is 0.0148 e. The van der Waals surface area contributed by atoms with Gasteiger partial charge in [-0.25, -0.2) is 0 Å². The minimum absolute atomic E-state index is 0.775. The second kappa shape index (κ2) is 7.48. The molecule has 0 radical (unpaired) electrons. The predicted molar refractivity (Wildman–Crippen MR) is 81.1 cm³/mol. The number of hydrogen-bond acceptors (Lipinski definition) is 1. The van der Waals surface area contributed by atoms with Gasteiger partial charge >= 0.3 is 0 Å². The lowest BCUT2D eigenvalue weighted by Gasteiger charge is -2.15. The first-order chi connectivity index (χ1) is 8.34. The van der Waals surface area contributed by atoms with E-state index in [4.69, 9.17) is 0 Å². The molecule has 0 saturated heterocycles. The molecule has 1 fully saturated rings. The van der Waals surface area contributed by atoms with Crippen molar-refractivity contribution in [3.05, 3.63) is 30.3 Å². The summed E-state index contributed by atoms with van der Waals surface area (Å²) >= 11 is 5.82. The van der Waals surface area contributed by atoms with E-state index in [1.807, 2.05) is 11.8 Å². The molecule has 17 heavy (non-hydrogen) atoms. The Bertz CT molecular complexity index is 312. The van der Waals surface area contributed by atoms with Crippen LogP contribution < -0.4 is 0 Å². The van der Waals surface area contributed by atoms with E-state index in [1.54, 1.807) is 0 Å². The third kappa shape index (κ3) is 5.05. The predicted octanol–water partition coefficient (Wildman–Crippen LogP) is 5.51. The number of halogens is 1. The van der Waals surface area contributed by atoms with Crippen LogP contribution in [0.5, 0.6) is 0 Å². The molecule has 1 aromatic carbocycles. The van der Waals surface area contributed by atoms with Gasteiger partial charge in [-0.1, -0.05) is 53.4 Å². The summed E-state index contributed by atoms with van der Waals surface area (Å²) in [6.45, 7) is 0. The summed E-state index contributed by atoms with van der Waals surface area (Å²) in [6.07, 6.45) is 8.43. The van der Waals surface area contributed by atoms with E-state index in [0.717, 1.165) is 10.7 Å². The molecule has 1 aromatic rings. The Hall–Kier alpha value is 0.0500. The molecular formula is C15H21BrS. The van der Waals surface area contributed by atoms with E-state index in [0.29, 0.717) is 0 Å². The molecule has 0 amide bonds. The Balaban J connectivity index is 1.70. The summed E-state index contributed by atoms with van der Waals surface area (Å²) in [6, 6.07) is 10.8. The zero-order chi connectivity index (χ0) is 11.9. The fourth-order valence-corrected chi connectivity index (χ4v) is 4.41. The molecule has 2 rings (SSSR count). The average Bonchev–Trinajstić information content (AvgIpc) is 2.55. The van der Waals surface area contributed by atoms with Crippen molar-refractivity contribution in [1.29, 1.82) is 0 Å². The molecule has 1 saturated carbocycles. The van der Waals surface area contributed by atoms with E-state index >= 15 is 0 Å². The van der Waals surface area contributed by atoms with Gasteiger partial charge in [0.1, 0.15) is 0 Å². The van der Waals surface area contributed by atoms with Crippen LogP contribution in [0.3, 0.4) is 0 Å². The zero-order valence-corrected chi connectivity index (χ0v) is 12.7. The van der Waals surface area contributed by atoms with Crippen LogP contribution in [0.4, 0.5) is 0 Å². The van der Waals surface area contributed by atoms with Crippen molar-refractivity contribution in [2.24, 2.45) is 5.92 Å². The van der Waals surface area contributed by atoms with Gasteiger partial charge in [0.2, 0.25) is 0 Å². The van der Waals surface area contributed by atoms with Gasteiger partial charge in [0.15, 0.2) is 0 Å².